The Balaban J connectivity index is 1.14. The molecule has 1 unspecified atom stereocenters. The van der Waals surface area contributed by atoms with E-state index in [1.165, 1.54) is 5.56 Å². The third-order valence-electron chi connectivity index (χ3n) is 6.58. The summed E-state index contributed by atoms with van der Waals surface area (Å²) in [5.41, 5.74) is 0.982. The first-order valence-electron chi connectivity index (χ1n) is 11.1. The SMILES string of the molecule is O=C1OC(CN2CCOCC2)CC12CCN(CCCOCc1ccccc1)CC2. The first-order valence-corrected chi connectivity index (χ1v) is 11.1. The Morgan fingerprint density at radius 3 is 2.55 bits per heavy atom. The minimum absolute atomic E-state index is 0.0432. The lowest BCUT2D eigenvalue weighted by Crippen LogP contribution is -2.43. The monoisotopic (exact) mass is 402 g/mol. The summed E-state index contributed by atoms with van der Waals surface area (Å²) in [6.07, 6.45) is 3.83. The van der Waals surface area contributed by atoms with E-state index in [2.05, 4.69) is 21.9 Å². The number of morpholine rings is 1. The number of esters is 1. The number of benzene rings is 1. The van der Waals surface area contributed by atoms with Crippen molar-refractivity contribution in [1.82, 2.24) is 9.80 Å². The zero-order valence-electron chi connectivity index (χ0n) is 17.4. The van der Waals surface area contributed by atoms with Crippen molar-refractivity contribution in [3.8, 4) is 0 Å². The summed E-state index contributed by atoms with van der Waals surface area (Å²) >= 11 is 0. The van der Waals surface area contributed by atoms with Gasteiger partial charge in [0.2, 0.25) is 0 Å². The van der Waals surface area contributed by atoms with Crippen LogP contribution in [0.15, 0.2) is 30.3 Å². The molecule has 3 heterocycles. The van der Waals surface area contributed by atoms with Crippen LogP contribution < -0.4 is 0 Å². The molecule has 4 rings (SSSR count). The van der Waals surface area contributed by atoms with Gasteiger partial charge < -0.3 is 19.1 Å². The summed E-state index contributed by atoms with van der Waals surface area (Å²) in [4.78, 5) is 17.5. The van der Waals surface area contributed by atoms with Crippen molar-refractivity contribution in [2.24, 2.45) is 5.41 Å². The van der Waals surface area contributed by atoms with Crippen LogP contribution in [0.5, 0.6) is 0 Å². The molecule has 3 aliphatic rings. The molecular formula is C23H34N2O4. The molecule has 3 aliphatic heterocycles. The molecule has 1 aromatic rings. The lowest BCUT2D eigenvalue weighted by Gasteiger charge is -2.36. The van der Waals surface area contributed by atoms with E-state index in [-0.39, 0.29) is 17.5 Å². The van der Waals surface area contributed by atoms with Gasteiger partial charge in [0.25, 0.3) is 0 Å². The first kappa shape index (κ1) is 20.8. The molecule has 1 atom stereocenters. The molecule has 0 radical (unpaired) electrons. The second kappa shape index (κ2) is 10.0. The van der Waals surface area contributed by atoms with Crippen LogP contribution in [0, 0.1) is 5.41 Å². The van der Waals surface area contributed by atoms with Crippen LogP contribution in [-0.4, -0.2) is 81.0 Å². The summed E-state index contributed by atoms with van der Waals surface area (Å²) in [7, 11) is 0. The van der Waals surface area contributed by atoms with Crippen LogP contribution in [0.2, 0.25) is 0 Å². The third kappa shape index (κ3) is 5.57. The molecule has 0 amide bonds. The number of cyclic esters (lactones) is 1. The number of ether oxygens (including phenoxy) is 3. The van der Waals surface area contributed by atoms with Gasteiger partial charge in [0, 0.05) is 39.2 Å². The quantitative estimate of drug-likeness (QED) is 0.491. The van der Waals surface area contributed by atoms with Crippen molar-refractivity contribution in [3.63, 3.8) is 0 Å². The Bertz CT molecular complexity index is 640. The number of rotatable bonds is 8. The van der Waals surface area contributed by atoms with Crippen LogP contribution >= 0.6 is 0 Å². The Kier molecular flexibility index (Phi) is 7.19. The van der Waals surface area contributed by atoms with Gasteiger partial charge in [-0.15, -0.1) is 0 Å². The van der Waals surface area contributed by atoms with Crippen molar-refractivity contribution >= 4 is 5.97 Å². The highest BCUT2D eigenvalue weighted by atomic mass is 16.6. The zero-order valence-corrected chi connectivity index (χ0v) is 17.4. The molecule has 0 aliphatic carbocycles. The highest BCUT2D eigenvalue weighted by Gasteiger charge is 2.50. The summed E-state index contributed by atoms with van der Waals surface area (Å²) in [5, 5.41) is 0. The normalized spacial score (nSPS) is 25.4. The predicted molar refractivity (Wildman–Crippen MR) is 111 cm³/mol. The van der Waals surface area contributed by atoms with Crippen LogP contribution in [0.1, 0.15) is 31.2 Å². The van der Waals surface area contributed by atoms with Crippen molar-refractivity contribution in [2.45, 2.75) is 38.4 Å². The van der Waals surface area contributed by atoms with Gasteiger partial charge >= 0.3 is 5.97 Å². The van der Waals surface area contributed by atoms with E-state index < -0.39 is 0 Å². The average molecular weight is 403 g/mol. The Morgan fingerprint density at radius 1 is 1.03 bits per heavy atom. The van der Waals surface area contributed by atoms with E-state index in [4.69, 9.17) is 14.2 Å². The zero-order chi connectivity index (χ0) is 19.9. The molecule has 6 nitrogen and oxygen atoms in total. The highest BCUT2D eigenvalue weighted by molar-refractivity contribution is 5.79. The lowest BCUT2D eigenvalue weighted by molar-refractivity contribution is -0.151. The largest absolute Gasteiger partial charge is 0.461 e. The maximum atomic E-state index is 12.6. The summed E-state index contributed by atoms with van der Waals surface area (Å²) in [6, 6.07) is 10.3. The maximum absolute atomic E-state index is 12.6. The molecule has 0 aromatic heterocycles. The van der Waals surface area contributed by atoms with E-state index >= 15 is 0 Å². The number of piperidine rings is 1. The van der Waals surface area contributed by atoms with Gasteiger partial charge in [0.1, 0.15) is 6.10 Å². The smallest absolute Gasteiger partial charge is 0.312 e. The Labute approximate surface area is 174 Å². The van der Waals surface area contributed by atoms with E-state index in [0.29, 0.717) is 6.61 Å². The third-order valence-corrected chi connectivity index (χ3v) is 6.58. The van der Waals surface area contributed by atoms with Gasteiger partial charge in [-0.25, -0.2) is 0 Å². The van der Waals surface area contributed by atoms with Crippen LogP contribution in [0.3, 0.4) is 0 Å². The number of hydrogen-bond donors (Lipinski definition) is 0. The van der Waals surface area contributed by atoms with Crippen LogP contribution in [0.25, 0.3) is 0 Å². The van der Waals surface area contributed by atoms with Crippen LogP contribution in [-0.2, 0) is 25.6 Å². The maximum Gasteiger partial charge on any atom is 0.312 e. The molecule has 1 aromatic carbocycles. The van der Waals surface area contributed by atoms with Crippen molar-refractivity contribution in [3.05, 3.63) is 35.9 Å². The average Bonchev–Trinajstić information content (AvgIpc) is 3.05. The highest BCUT2D eigenvalue weighted by Crippen LogP contribution is 2.43. The molecule has 0 saturated carbocycles. The molecule has 3 fully saturated rings. The Hall–Kier alpha value is -1.47. The minimum Gasteiger partial charge on any atom is -0.461 e. The lowest BCUT2D eigenvalue weighted by atomic mass is 9.76. The Morgan fingerprint density at radius 2 is 1.79 bits per heavy atom. The van der Waals surface area contributed by atoms with Gasteiger partial charge in [-0.3, -0.25) is 9.69 Å². The van der Waals surface area contributed by atoms with Crippen molar-refractivity contribution < 1.29 is 19.0 Å². The van der Waals surface area contributed by atoms with Gasteiger partial charge in [0.15, 0.2) is 0 Å². The summed E-state index contributed by atoms with van der Waals surface area (Å²) < 4.78 is 17.0. The molecule has 29 heavy (non-hydrogen) atoms. The van der Waals surface area contributed by atoms with Gasteiger partial charge in [-0.05, 0) is 37.9 Å². The van der Waals surface area contributed by atoms with E-state index in [1.54, 1.807) is 0 Å². The number of carbonyl (C=O) groups excluding carboxylic acids is 1. The fourth-order valence-electron chi connectivity index (χ4n) is 4.78. The fraction of sp³-hybridized carbons (Fsp3) is 0.696. The van der Waals surface area contributed by atoms with E-state index in [0.717, 1.165) is 84.8 Å². The molecular weight excluding hydrogens is 368 g/mol. The van der Waals surface area contributed by atoms with Crippen molar-refractivity contribution in [1.29, 1.82) is 0 Å². The molecule has 0 N–H and O–H groups in total. The van der Waals surface area contributed by atoms with E-state index in [1.807, 2.05) is 18.2 Å². The molecule has 0 bridgehead atoms. The number of hydrogen-bond acceptors (Lipinski definition) is 6. The second-order valence-electron chi connectivity index (χ2n) is 8.66. The molecule has 160 valence electrons. The number of likely N-dealkylation sites (tertiary alicyclic amines) is 1. The summed E-state index contributed by atoms with van der Waals surface area (Å²) in [5.74, 6) is 0.0432. The predicted octanol–water partition coefficient (Wildman–Crippen LogP) is 2.32. The second-order valence-corrected chi connectivity index (χ2v) is 8.66. The molecule has 3 saturated heterocycles. The molecule has 1 spiro atoms. The standard InChI is InChI=1S/C23H34N2O4/c26-22-23(17-21(29-22)18-25-12-15-27-16-13-25)7-10-24(11-8-23)9-4-14-28-19-20-5-2-1-3-6-20/h1-3,5-6,21H,4,7-19H2. The fourth-order valence-corrected chi connectivity index (χ4v) is 4.78. The topological polar surface area (TPSA) is 51.2 Å². The van der Waals surface area contributed by atoms with Gasteiger partial charge in [-0.1, -0.05) is 30.3 Å². The number of nitrogens with zero attached hydrogens (tertiary/aromatic N) is 2. The molecule has 6 heteroatoms. The first-order chi connectivity index (χ1) is 14.2. The van der Waals surface area contributed by atoms with Gasteiger partial charge in [0.05, 0.1) is 25.2 Å². The van der Waals surface area contributed by atoms with E-state index in [9.17, 15) is 4.79 Å². The minimum atomic E-state index is -0.239. The van der Waals surface area contributed by atoms with Gasteiger partial charge in [-0.2, -0.15) is 0 Å². The number of carbonyl (C=O) groups is 1. The summed E-state index contributed by atoms with van der Waals surface area (Å²) in [6.45, 7) is 8.79. The van der Waals surface area contributed by atoms with Crippen LogP contribution in [0.4, 0.5) is 0 Å². The van der Waals surface area contributed by atoms with Crippen molar-refractivity contribution in [2.75, 3.05) is 59.1 Å².